The third kappa shape index (κ3) is 2.26. The minimum absolute atomic E-state index is 0.146. The zero-order chi connectivity index (χ0) is 15.3. The number of alkyl halides is 3. The fraction of sp³-hybridized carbons (Fsp3) is 0.429. The number of esters is 1. The van der Waals surface area contributed by atoms with Crippen LogP contribution in [0.5, 0.6) is 0 Å². The molecule has 0 spiro atoms. The number of nitrogens with zero attached hydrogens (tertiary/aromatic N) is 2. The Balaban J connectivity index is 2.18. The number of ether oxygens (including phenoxy) is 1. The van der Waals surface area contributed by atoms with Gasteiger partial charge >= 0.3 is 12.1 Å². The maximum absolute atomic E-state index is 12.9. The molecule has 1 aromatic carbocycles. The minimum Gasteiger partial charge on any atom is -0.468 e. The molecule has 0 unspecified atom stereocenters. The summed E-state index contributed by atoms with van der Waals surface area (Å²) in [6.45, 7) is -1.17. The van der Waals surface area contributed by atoms with Crippen LogP contribution in [0.1, 0.15) is 18.7 Å². The monoisotopic (exact) mass is 298 g/mol. The van der Waals surface area contributed by atoms with Crippen LogP contribution in [-0.4, -0.2) is 28.8 Å². The van der Waals surface area contributed by atoms with Crippen LogP contribution in [0.2, 0.25) is 0 Å². The van der Waals surface area contributed by atoms with Crippen LogP contribution < -0.4 is 0 Å². The highest BCUT2D eigenvalue weighted by Crippen LogP contribution is 2.49. The van der Waals surface area contributed by atoms with Crippen LogP contribution in [0.15, 0.2) is 24.3 Å². The molecule has 4 nitrogen and oxygen atoms in total. The van der Waals surface area contributed by atoms with Crippen molar-refractivity contribution in [2.45, 2.75) is 31.0 Å². The molecule has 21 heavy (non-hydrogen) atoms. The van der Waals surface area contributed by atoms with Crippen LogP contribution in [0.4, 0.5) is 13.2 Å². The first-order chi connectivity index (χ1) is 9.87. The first kappa shape index (κ1) is 13.9. The summed E-state index contributed by atoms with van der Waals surface area (Å²) in [4.78, 5) is 16.2. The second kappa shape index (κ2) is 4.47. The van der Waals surface area contributed by atoms with Gasteiger partial charge in [0.15, 0.2) is 0 Å². The van der Waals surface area contributed by atoms with E-state index >= 15 is 0 Å². The highest BCUT2D eigenvalue weighted by Gasteiger charge is 2.56. The van der Waals surface area contributed by atoms with Crippen LogP contribution in [-0.2, 0) is 21.5 Å². The number of benzene rings is 1. The lowest BCUT2D eigenvalue weighted by molar-refractivity contribution is -0.146. The van der Waals surface area contributed by atoms with Gasteiger partial charge in [-0.2, -0.15) is 13.2 Å². The van der Waals surface area contributed by atoms with Gasteiger partial charge in [0.1, 0.15) is 17.8 Å². The average molecular weight is 298 g/mol. The normalized spacial score (nSPS) is 17.0. The summed E-state index contributed by atoms with van der Waals surface area (Å²) in [6, 6.07) is 6.57. The van der Waals surface area contributed by atoms with E-state index in [0.29, 0.717) is 23.9 Å². The van der Waals surface area contributed by atoms with Gasteiger partial charge in [0.25, 0.3) is 0 Å². The zero-order valence-electron chi connectivity index (χ0n) is 11.3. The number of hydrogen-bond donors (Lipinski definition) is 0. The maximum Gasteiger partial charge on any atom is 0.406 e. The second-order valence-corrected chi connectivity index (χ2v) is 5.20. The summed E-state index contributed by atoms with van der Waals surface area (Å²) in [5.41, 5.74) is -0.203. The molecule has 0 radical (unpaired) electrons. The number of carbonyl (C=O) groups excluding carboxylic acids is 1. The molecule has 7 heteroatoms. The minimum atomic E-state index is -4.38. The van der Waals surface area contributed by atoms with Crippen molar-refractivity contribution in [3.05, 3.63) is 30.1 Å². The fourth-order valence-electron chi connectivity index (χ4n) is 2.62. The van der Waals surface area contributed by atoms with Crippen LogP contribution in [0.25, 0.3) is 11.0 Å². The van der Waals surface area contributed by atoms with Crippen molar-refractivity contribution in [3.63, 3.8) is 0 Å². The number of methoxy groups -OCH3 is 1. The Morgan fingerprint density at radius 2 is 2.05 bits per heavy atom. The lowest BCUT2D eigenvalue weighted by atomic mass is 10.1. The van der Waals surface area contributed by atoms with Gasteiger partial charge in [-0.3, -0.25) is 4.79 Å². The number of rotatable bonds is 3. The molecule has 2 aromatic rings. The van der Waals surface area contributed by atoms with E-state index in [0.717, 1.165) is 4.57 Å². The summed E-state index contributed by atoms with van der Waals surface area (Å²) < 4.78 is 44.4. The van der Waals surface area contributed by atoms with E-state index in [-0.39, 0.29) is 5.82 Å². The van der Waals surface area contributed by atoms with Crippen molar-refractivity contribution in [3.8, 4) is 0 Å². The Morgan fingerprint density at radius 1 is 1.38 bits per heavy atom. The summed E-state index contributed by atoms with van der Waals surface area (Å²) in [5.74, 6) is -0.380. The van der Waals surface area contributed by atoms with Gasteiger partial charge in [-0.25, -0.2) is 4.98 Å². The zero-order valence-corrected chi connectivity index (χ0v) is 11.3. The summed E-state index contributed by atoms with van der Waals surface area (Å²) in [7, 11) is 1.24. The second-order valence-electron chi connectivity index (χ2n) is 5.20. The summed E-state index contributed by atoms with van der Waals surface area (Å²) in [5, 5.41) is 0. The van der Waals surface area contributed by atoms with Gasteiger partial charge in [-0.05, 0) is 25.0 Å². The standard InChI is InChI=1S/C14H13F3N2O2/c1-21-12(20)13(6-7-13)11-18-9-4-2-3-5-10(9)19(11)8-14(15,16)17/h2-5H,6-8H2,1H3. The summed E-state index contributed by atoms with van der Waals surface area (Å²) >= 11 is 0. The number of hydrogen-bond acceptors (Lipinski definition) is 3. The predicted octanol–water partition coefficient (Wildman–Crippen LogP) is 2.80. The molecule has 1 aromatic heterocycles. The molecule has 1 fully saturated rings. The van der Waals surface area contributed by atoms with Crippen molar-refractivity contribution in [1.82, 2.24) is 9.55 Å². The number of para-hydroxylation sites is 2. The van der Waals surface area contributed by atoms with E-state index in [1.165, 1.54) is 7.11 Å². The average Bonchev–Trinajstić information content (AvgIpc) is 3.16. The highest BCUT2D eigenvalue weighted by molar-refractivity contribution is 5.87. The Labute approximate surface area is 118 Å². The van der Waals surface area contributed by atoms with Gasteiger partial charge in [0.2, 0.25) is 0 Å². The number of carbonyl (C=O) groups is 1. The van der Waals surface area contributed by atoms with E-state index in [9.17, 15) is 18.0 Å². The quantitative estimate of drug-likeness (QED) is 0.818. The lowest BCUT2D eigenvalue weighted by Crippen LogP contribution is -2.29. The molecule has 0 saturated heterocycles. The number of fused-ring (bicyclic) bond motifs is 1. The van der Waals surface area contributed by atoms with Gasteiger partial charge in [0.05, 0.1) is 18.1 Å². The van der Waals surface area contributed by atoms with E-state index < -0.39 is 24.1 Å². The fourth-order valence-corrected chi connectivity index (χ4v) is 2.62. The first-order valence-corrected chi connectivity index (χ1v) is 6.48. The third-order valence-electron chi connectivity index (χ3n) is 3.75. The van der Waals surface area contributed by atoms with Gasteiger partial charge < -0.3 is 9.30 Å². The van der Waals surface area contributed by atoms with E-state index in [2.05, 4.69) is 4.98 Å². The molecule has 3 rings (SSSR count). The molecule has 1 saturated carbocycles. The molecule has 0 aliphatic heterocycles. The number of halogens is 3. The summed E-state index contributed by atoms with van der Waals surface area (Å²) in [6.07, 6.45) is -3.47. The van der Waals surface area contributed by atoms with Crippen molar-refractivity contribution < 1.29 is 22.7 Å². The highest BCUT2D eigenvalue weighted by atomic mass is 19.4. The number of imidazole rings is 1. The molecular weight excluding hydrogens is 285 g/mol. The smallest absolute Gasteiger partial charge is 0.406 e. The van der Waals surface area contributed by atoms with Crippen molar-refractivity contribution >= 4 is 17.0 Å². The Hall–Kier alpha value is -2.05. The molecule has 112 valence electrons. The van der Waals surface area contributed by atoms with E-state index in [1.807, 2.05) is 0 Å². The largest absolute Gasteiger partial charge is 0.468 e. The molecule has 1 aliphatic rings. The van der Waals surface area contributed by atoms with Crippen molar-refractivity contribution in [2.75, 3.05) is 7.11 Å². The lowest BCUT2D eigenvalue weighted by Gasteiger charge is -2.16. The molecule has 1 heterocycles. The molecular formula is C14H13F3N2O2. The topological polar surface area (TPSA) is 44.1 Å². The Bertz CT molecular complexity index is 702. The van der Waals surface area contributed by atoms with Gasteiger partial charge in [-0.1, -0.05) is 12.1 Å². The number of aromatic nitrogens is 2. The Kier molecular flexibility index (Phi) is 2.96. The third-order valence-corrected chi connectivity index (χ3v) is 3.75. The van der Waals surface area contributed by atoms with Gasteiger partial charge in [0, 0.05) is 0 Å². The maximum atomic E-state index is 12.9. The first-order valence-electron chi connectivity index (χ1n) is 6.48. The van der Waals surface area contributed by atoms with Crippen LogP contribution in [0.3, 0.4) is 0 Å². The van der Waals surface area contributed by atoms with E-state index in [1.54, 1.807) is 24.3 Å². The molecule has 0 N–H and O–H groups in total. The molecule has 0 bridgehead atoms. The Morgan fingerprint density at radius 3 is 2.62 bits per heavy atom. The van der Waals surface area contributed by atoms with Crippen molar-refractivity contribution in [2.24, 2.45) is 0 Å². The molecule has 1 aliphatic carbocycles. The predicted molar refractivity (Wildman–Crippen MR) is 68.7 cm³/mol. The van der Waals surface area contributed by atoms with Crippen molar-refractivity contribution in [1.29, 1.82) is 0 Å². The molecule has 0 amide bonds. The molecule has 0 atom stereocenters. The van der Waals surface area contributed by atoms with Gasteiger partial charge in [-0.15, -0.1) is 0 Å². The van der Waals surface area contributed by atoms with Crippen LogP contribution >= 0.6 is 0 Å². The van der Waals surface area contributed by atoms with E-state index in [4.69, 9.17) is 4.74 Å². The van der Waals surface area contributed by atoms with Crippen LogP contribution in [0, 0.1) is 0 Å². The SMILES string of the molecule is COC(=O)C1(c2nc3ccccc3n2CC(F)(F)F)CC1.